The van der Waals surface area contributed by atoms with E-state index in [0.29, 0.717) is 19.7 Å². The van der Waals surface area contributed by atoms with Crippen LogP contribution in [0, 0.1) is 0 Å². The van der Waals surface area contributed by atoms with Crippen LogP contribution >= 0.6 is 11.3 Å². The van der Waals surface area contributed by atoms with E-state index in [1.165, 1.54) is 4.88 Å². The lowest BCUT2D eigenvalue weighted by Gasteiger charge is -2.18. The number of hydrogen-bond acceptors (Lipinski definition) is 4. The Kier molecular flexibility index (Phi) is 6.58. The monoisotopic (exact) mass is 253 g/mol. The molecule has 3 nitrogen and oxygen atoms in total. The summed E-state index contributed by atoms with van der Waals surface area (Å²) in [6, 6.07) is 4.16. The molecule has 0 bridgehead atoms. The molecule has 0 atom stereocenters. The summed E-state index contributed by atoms with van der Waals surface area (Å²) < 4.78 is 4.94. The predicted molar refractivity (Wildman–Crippen MR) is 71.3 cm³/mol. The van der Waals surface area contributed by atoms with Gasteiger partial charge in [0.25, 0.3) is 0 Å². The van der Waals surface area contributed by atoms with E-state index in [0.717, 1.165) is 13.0 Å². The Labute approximate surface area is 107 Å². The lowest BCUT2D eigenvalue weighted by Crippen LogP contribution is -2.32. The van der Waals surface area contributed by atoms with Gasteiger partial charge in [-0.3, -0.25) is 9.69 Å². The number of ether oxygens (including phenoxy) is 1. The van der Waals surface area contributed by atoms with E-state index in [4.69, 9.17) is 4.74 Å². The summed E-state index contributed by atoms with van der Waals surface area (Å²) in [5.41, 5.74) is 0. The van der Waals surface area contributed by atoms with Crippen molar-refractivity contribution in [3.63, 3.8) is 0 Å². The Morgan fingerprint density at radius 1 is 1.65 bits per heavy atom. The maximum atomic E-state index is 11.4. The fraction of sp³-hybridized carbons (Fsp3) is 0.462. The van der Waals surface area contributed by atoms with E-state index in [1.807, 2.05) is 24.0 Å². The molecule has 0 radical (unpaired) electrons. The van der Waals surface area contributed by atoms with Gasteiger partial charge in [-0.15, -0.1) is 17.9 Å². The van der Waals surface area contributed by atoms with Crippen molar-refractivity contribution in [2.24, 2.45) is 0 Å². The van der Waals surface area contributed by atoms with Crippen LogP contribution in [0.4, 0.5) is 0 Å². The van der Waals surface area contributed by atoms with Crippen LogP contribution in [0.15, 0.2) is 30.2 Å². The highest BCUT2D eigenvalue weighted by Gasteiger charge is 2.10. The minimum atomic E-state index is -0.166. The van der Waals surface area contributed by atoms with Crippen molar-refractivity contribution in [3.8, 4) is 0 Å². The largest absolute Gasteiger partial charge is 0.465 e. The molecule has 1 rings (SSSR count). The van der Waals surface area contributed by atoms with Crippen molar-refractivity contribution in [3.05, 3.63) is 35.0 Å². The zero-order valence-electron chi connectivity index (χ0n) is 10.2. The quantitative estimate of drug-likeness (QED) is 0.526. The first-order valence-corrected chi connectivity index (χ1v) is 6.65. The van der Waals surface area contributed by atoms with Crippen molar-refractivity contribution in [1.29, 1.82) is 0 Å². The molecular weight excluding hydrogens is 234 g/mol. The van der Waals surface area contributed by atoms with Gasteiger partial charge >= 0.3 is 5.97 Å². The molecule has 0 amide bonds. The third kappa shape index (κ3) is 5.65. The van der Waals surface area contributed by atoms with Gasteiger partial charge in [0.05, 0.1) is 13.2 Å². The number of carbonyl (C=O) groups is 1. The molecule has 0 saturated heterocycles. The van der Waals surface area contributed by atoms with Crippen LogP contribution in [0.3, 0.4) is 0 Å². The molecule has 94 valence electrons. The van der Waals surface area contributed by atoms with E-state index in [9.17, 15) is 4.79 Å². The second-order valence-electron chi connectivity index (χ2n) is 3.66. The summed E-state index contributed by atoms with van der Waals surface area (Å²) in [4.78, 5) is 14.8. The van der Waals surface area contributed by atoms with Gasteiger partial charge in [0.2, 0.25) is 0 Å². The summed E-state index contributed by atoms with van der Waals surface area (Å²) in [5.74, 6) is -0.166. The van der Waals surface area contributed by atoms with Gasteiger partial charge in [-0.25, -0.2) is 0 Å². The molecule has 0 aliphatic heterocycles. The van der Waals surface area contributed by atoms with Gasteiger partial charge in [0, 0.05) is 18.0 Å². The van der Waals surface area contributed by atoms with Crippen molar-refractivity contribution in [1.82, 2.24) is 4.90 Å². The second-order valence-corrected chi connectivity index (χ2v) is 4.69. The molecule has 1 aromatic heterocycles. The Balaban J connectivity index is 2.37. The zero-order valence-corrected chi connectivity index (χ0v) is 11.0. The van der Waals surface area contributed by atoms with Crippen LogP contribution in [-0.4, -0.2) is 37.1 Å². The molecule has 0 aliphatic carbocycles. The molecular formula is C13H19NO2S. The molecule has 0 N–H and O–H groups in total. The highest BCUT2D eigenvalue weighted by Crippen LogP contribution is 2.09. The molecule has 1 aromatic rings. The van der Waals surface area contributed by atoms with Crippen molar-refractivity contribution < 1.29 is 9.53 Å². The minimum absolute atomic E-state index is 0.166. The number of carbonyl (C=O) groups excluding carboxylic acids is 1. The highest BCUT2D eigenvalue weighted by molar-refractivity contribution is 7.09. The molecule has 0 aromatic carbocycles. The van der Waals surface area contributed by atoms with Gasteiger partial charge in [-0.05, 0) is 24.8 Å². The fourth-order valence-electron chi connectivity index (χ4n) is 1.53. The molecule has 4 heteroatoms. The number of hydrogen-bond donors (Lipinski definition) is 0. The zero-order chi connectivity index (χ0) is 12.5. The van der Waals surface area contributed by atoms with E-state index >= 15 is 0 Å². The summed E-state index contributed by atoms with van der Waals surface area (Å²) in [6.45, 7) is 7.87. The fourth-order valence-corrected chi connectivity index (χ4v) is 2.23. The topological polar surface area (TPSA) is 29.5 Å². The van der Waals surface area contributed by atoms with Crippen LogP contribution in [0.5, 0.6) is 0 Å². The van der Waals surface area contributed by atoms with Crippen molar-refractivity contribution >= 4 is 17.3 Å². The third-order valence-corrected chi connectivity index (χ3v) is 3.24. The van der Waals surface area contributed by atoms with Gasteiger partial charge < -0.3 is 4.74 Å². The molecule has 0 aliphatic rings. The summed E-state index contributed by atoms with van der Waals surface area (Å²) in [5, 5.41) is 2.07. The third-order valence-electron chi connectivity index (χ3n) is 2.30. The Morgan fingerprint density at radius 2 is 2.47 bits per heavy atom. The van der Waals surface area contributed by atoms with E-state index in [2.05, 4.69) is 18.0 Å². The SMILES string of the molecule is C=CCN(CCc1cccs1)CC(=O)OCC. The smallest absolute Gasteiger partial charge is 0.320 e. The van der Waals surface area contributed by atoms with Crippen LogP contribution in [0.2, 0.25) is 0 Å². The number of esters is 1. The maximum absolute atomic E-state index is 11.4. The van der Waals surface area contributed by atoms with Gasteiger partial charge in [-0.1, -0.05) is 12.1 Å². The molecule has 17 heavy (non-hydrogen) atoms. The average molecular weight is 253 g/mol. The Morgan fingerprint density at radius 3 is 3.06 bits per heavy atom. The van der Waals surface area contributed by atoms with E-state index in [1.54, 1.807) is 11.3 Å². The molecule has 0 unspecified atom stereocenters. The summed E-state index contributed by atoms with van der Waals surface area (Å²) >= 11 is 1.74. The molecule has 0 spiro atoms. The minimum Gasteiger partial charge on any atom is -0.465 e. The normalized spacial score (nSPS) is 10.5. The number of thiophene rings is 1. The lowest BCUT2D eigenvalue weighted by atomic mass is 10.3. The standard InChI is InChI=1S/C13H19NO2S/c1-3-8-14(11-13(15)16-4-2)9-7-12-6-5-10-17-12/h3,5-6,10H,1,4,7-9,11H2,2H3. The van der Waals surface area contributed by atoms with Crippen LogP contribution in [-0.2, 0) is 16.0 Å². The van der Waals surface area contributed by atoms with Crippen molar-refractivity contribution in [2.75, 3.05) is 26.2 Å². The van der Waals surface area contributed by atoms with E-state index < -0.39 is 0 Å². The van der Waals surface area contributed by atoms with Crippen LogP contribution in [0.1, 0.15) is 11.8 Å². The second kappa shape index (κ2) is 8.03. The Hall–Kier alpha value is -1.13. The summed E-state index contributed by atoms with van der Waals surface area (Å²) in [6.07, 6.45) is 2.78. The molecule has 0 fully saturated rings. The first-order chi connectivity index (χ1) is 8.26. The van der Waals surface area contributed by atoms with Crippen LogP contribution in [0.25, 0.3) is 0 Å². The first kappa shape index (κ1) is 13.9. The number of rotatable bonds is 8. The van der Waals surface area contributed by atoms with Gasteiger partial charge in [-0.2, -0.15) is 0 Å². The van der Waals surface area contributed by atoms with Gasteiger partial charge in [0.1, 0.15) is 0 Å². The molecule has 1 heterocycles. The van der Waals surface area contributed by atoms with E-state index in [-0.39, 0.29) is 5.97 Å². The molecule has 0 saturated carbocycles. The average Bonchev–Trinajstić information content (AvgIpc) is 2.79. The van der Waals surface area contributed by atoms with Crippen molar-refractivity contribution in [2.45, 2.75) is 13.3 Å². The first-order valence-electron chi connectivity index (χ1n) is 5.77. The van der Waals surface area contributed by atoms with Crippen LogP contribution < -0.4 is 0 Å². The maximum Gasteiger partial charge on any atom is 0.320 e. The lowest BCUT2D eigenvalue weighted by molar-refractivity contribution is -0.144. The summed E-state index contributed by atoms with van der Waals surface area (Å²) in [7, 11) is 0. The predicted octanol–water partition coefficient (Wildman–Crippen LogP) is 2.34. The highest BCUT2D eigenvalue weighted by atomic mass is 32.1. The Bertz CT molecular complexity index is 335. The van der Waals surface area contributed by atoms with Gasteiger partial charge in [0.15, 0.2) is 0 Å². The number of nitrogens with zero attached hydrogens (tertiary/aromatic N) is 1.